The topological polar surface area (TPSA) is 58.6 Å². The van der Waals surface area contributed by atoms with E-state index in [1.807, 2.05) is 0 Å². The SMILES string of the molecule is CCSc1nc(-c2ccc(=O)[nH]c2)cc(C(F)(F)F)n1. The van der Waals surface area contributed by atoms with E-state index >= 15 is 0 Å². The van der Waals surface area contributed by atoms with Crippen molar-refractivity contribution in [1.82, 2.24) is 15.0 Å². The molecule has 8 heteroatoms. The summed E-state index contributed by atoms with van der Waals surface area (Å²) in [7, 11) is 0. The molecule has 0 fully saturated rings. The number of H-pyrrole nitrogens is 1. The Morgan fingerprint density at radius 3 is 2.60 bits per heavy atom. The third kappa shape index (κ3) is 3.38. The predicted octanol–water partition coefficient (Wildman–Crippen LogP) is 2.96. The van der Waals surface area contributed by atoms with Gasteiger partial charge in [0.15, 0.2) is 5.16 Å². The number of halogens is 3. The van der Waals surface area contributed by atoms with E-state index in [1.54, 1.807) is 6.92 Å². The van der Waals surface area contributed by atoms with Gasteiger partial charge in [0.05, 0.1) is 5.69 Å². The largest absolute Gasteiger partial charge is 0.433 e. The Kier molecular flexibility index (Phi) is 4.12. The van der Waals surface area contributed by atoms with Crippen LogP contribution in [0.4, 0.5) is 13.2 Å². The van der Waals surface area contributed by atoms with E-state index in [2.05, 4.69) is 15.0 Å². The number of thioether (sulfide) groups is 1. The van der Waals surface area contributed by atoms with Crippen molar-refractivity contribution in [2.24, 2.45) is 0 Å². The lowest BCUT2D eigenvalue weighted by molar-refractivity contribution is -0.141. The van der Waals surface area contributed by atoms with Gasteiger partial charge in [0, 0.05) is 17.8 Å². The highest BCUT2D eigenvalue weighted by Gasteiger charge is 2.33. The zero-order valence-corrected chi connectivity index (χ0v) is 11.2. The monoisotopic (exact) mass is 301 g/mol. The Balaban J connectivity index is 2.54. The number of pyridine rings is 1. The van der Waals surface area contributed by atoms with Crippen molar-refractivity contribution in [3.8, 4) is 11.3 Å². The fourth-order valence-corrected chi connectivity index (χ4v) is 2.07. The van der Waals surface area contributed by atoms with Crippen molar-refractivity contribution in [2.45, 2.75) is 18.3 Å². The van der Waals surface area contributed by atoms with Gasteiger partial charge >= 0.3 is 6.18 Å². The quantitative estimate of drug-likeness (QED) is 0.699. The molecule has 0 atom stereocenters. The van der Waals surface area contributed by atoms with E-state index in [-0.39, 0.29) is 16.4 Å². The summed E-state index contributed by atoms with van der Waals surface area (Å²) in [5, 5.41) is 0.0588. The maximum Gasteiger partial charge on any atom is 0.433 e. The molecule has 0 saturated heterocycles. The Hall–Kier alpha value is -1.83. The van der Waals surface area contributed by atoms with E-state index in [0.717, 1.165) is 17.8 Å². The summed E-state index contributed by atoms with van der Waals surface area (Å²) < 4.78 is 38.4. The predicted molar refractivity (Wildman–Crippen MR) is 69.5 cm³/mol. The minimum absolute atomic E-state index is 0.0588. The number of aromatic nitrogens is 3. The van der Waals surface area contributed by atoms with Crippen LogP contribution in [0.5, 0.6) is 0 Å². The van der Waals surface area contributed by atoms with Crippen molar-refractivity contribution in [3.05, 3.63) is 40.4 Å². The molecule has 0 aliphatic carbocycles. The maximum absolute atomic E-state index is 12.8. The number of aromatic amines is 1. The Labute approximate surface area is 116 Å². The molecule has 0 saturated carbocycles. The molecule has 2 aromatic rings. The zero-order valence-electron chi connectivity index (χ0n) is 10.4. The summed E-state index contributed by atoms with van der Waals surface area (Å²) in [5.74, 6) is 0.562. The summed E-state index contributed by atoms with van der Waals surface area (Å²) in [5.41, 5.74) is -0.804. The minimum Gasteiger partial charge on any atom is -0.328 e. The third-order valence-electron chi connectivity index (χ3n) is 2.35. The van der Waals surface area contributed by atoms with Crippen LogP contribution in [-0.2, 0) is 6.18 Å². The van der Waals surface area contributed by atoms with Crippen LogP contribution in [-0.4, -0.2) is 20.7 Å². The van der Waals surface area contributed by atoms with E-state index in [1.165, 1.54) is 18.3 Å². The fourth-order valence-electron chi connectivity index (χ4n) is 1.48. The Morgan fingerprint density at radius 2 is 2.05 bits per heavy atom. The second-order valence-electron chi connectivity index (χ2n) is 3.79. The molecule has 0 spiro atoms. The van der Waals surface area contributed by atoms with Crippen molar-refractivity contribution < 1.29 is 13.2 Å². The lowest BCUT2D eigenvalue weighted by Gasteiger charge is -2.09. The first kappa shape index (κ1) is 14.6. The van der Waals surface area contributed by atoms with E-state index in [4.69, 9.17) is 0 Å². The van der Waals surface area contributed by atoms with Crippen molar-refractivity contribution in [1.29, 1.82) is 0 Å². The molecule has 2 aromatic heterocycles. The number of hydrogen-bond donors (Lipinski definition) is 1. The Bertz CT molecular complexity index is 649. The lowest BCUT2D eigenvalue weighted by Crippen LogP contribution is -2.10. The highest BCUT2D eigenvalue weighted by molar-refractivity contribution is 7.99. The molecule has 0 aliphatic rings. The molecule has 0 unspecified atom stereocenters. The summed E-state index contributed by atoms with van der Waals surface area (Å²) >= 11 is 1.12. The number of alkyl halides is 3. The number of rotatable bonds is 3. The normalized spacial score (nSPS) is 11.6. The second kappa shape index (κ2) is 5.66. The molecular weight excluding hydrogens is 291 g/mol. The summed E-state index contributed by atoms with van der Waals surface area (Å²) in [4.78, 5) is 20.9. The van der Waals surface area contributed by atoms with Gasteiger partial charge in [0.1, 0.15) is 5.69 Å². The molecule has 0 aromatic carbocycles. The molecule has 0 aliphatic heterocycles. The van der Waals surface area contributed by atoms with Crippen LogP contribution in [0.1, 0.15) is 12.6 Å². The molecule has 106 valence electrons. The number of nitrogens with one attached hydrogen (secondary N) is 1. The van der Waals surface area contributed by atoms with Crippen molar-refractivity contribution in [2.75, 3.05) is 5.75 Å². The van der Waals surface area contributed by atoms with Crippen molar-refractivity contribution in [3.63, 3.8) is 0 Å². The zero-order chi connectivity index (χ0) is 14.8. The molecule has 4 nitrogen and oxygen atoms in total. The number of nitrogens with zero attached hydrogens (tertiary/aromatic N) is 2. The van der Waals surface area contributed by atoms with Crippen LogP contribution in [0.15, 0.2) is 34.3 Å². The minimum atomic E-state index is -4.54. The average Bonchev–Trinajstić information content (AvgIpc) is 2.38. The molecule has 0 radical (unpaired) electrons. The summed E-state index contributed by atoms with van der Waals surface area (Å²) in [6.07, 6.45) is -3.21. The highest BCUT2D eigenvalue weighted by Crippen LogP contribution is 2.31. The molecular formula is C12H10F3N3OS. The van der Waals surface area contributed by atoms with Crippen LogP contribution in [0.2, 0.25) is 0 Å². The summed E-state index contributed by atoms with van der Waals surface area (Å²) in [6.45, 7) is 1.80. The Morgan fingerprint density at radius 1 is 1.30 bits per heavy atom. The van der Waals surface area contributed by atoms with Gasteiger partial charge in [-0.15, -0.1) is 0 Å². The fraction of sp³-hybridized carbons (Fsp3) is 0.250. The molecule has 20 heavy (non-hydrogen) atoms. The number of hydrogen-bond acceptors (Lipinski definition) is 4. The van der Waals surface area contributed by atoms with Gasteiger partial charge in [0.25, 0.3) is 0 Å². The molecule has 0 amide bonds. The average molecular weight is 301 g/mol. The summed E-state index contributed by atoms with van der Waals surface area (Å²) in [6, 6.07) is 3.52. The molecule has 1 N–H and O–H groups in total. The van der Waals surface area contributed by atoms with Crippen LogP contribution in [0.3, 0.4) is 0 Å². The molecule has 2 heterocycles. The molecule has 2 rings (SSSR count). The first-order chi connectivity index (χ1) is 9.40. The smallest absolute Gasteiger partial charge is 0.328 e. The highest BCUT2D eigenvalue weighted by atomic mass is 32.2. The van der Waals surface area contributed by atoms with Crippen LogP contribution in [0, 0.1) is 0 Å². The van der Waals surface area contributed by atoms with Gasteiger partial charge in [-0.3, -0.25) is 4.79 Å². The van der Waals surface area contributed by atoms with E-state index in [9.17, 15) is 18.0 Å². The van der Waals surface area contributed by atoms with Gasteiger partial charge in [-0.05, 0) is 17.9 Å². The van der Waals surface area contributed by atoms with Crippen LogP contribution in [0.25, 0.3) is 11.3 Å². The second-order valence-corrected chi connectivity index (χ2v) is 5.02. The van der Waals surface area contributed by atoms with Gasteiger partial charge in [-0.2, -0.15) is 13.2 Å². The first-order valence-corrected chi connectivity index (χ1v) is 6.67. The van der Waals surface area contributed by atoms with Crippen LogP contribution < -0.4 is 5.56 Å². The first-order valence-electron chi connectivity index (χ1n) is 5.68. The van der Waals surface area contributed by atoms with Crippen LogP contribution >= 0.6 is 11.8 Å². The van der Waals surface area contributed by atoms with E-state index in [0.29, 0.717) is 11.3 Å². The van der Waals surface area contributed by atoms with Gasteiger partial charge < -0.3 is 4.98 Å². The van der Waals surface area contributed by atoms with Gasteiger partial charge in [-0.25, -0.2) is 9.97 Å². The van der Waals surface area contributed by atoms with Gasteiger partial charge in [-0.1, -0.05) is 18.7 Å². The van der Waals surface area contributed by atoms with E-state index < -0.39 is 11.9 Å². The molecule has 0 bridgehead atoms. The lowest BCUT2D eigenvalue weighted by atomic mass is 10.2. The maximum atomic E-state index is 12.8. The van der Waals surface area contributed by atoms with Gasteiger partial charge in [0.2, 0.25) is 5.56 Å². The van der Waals surface area contributed by atoms with Crippen molar-refractivity contribution >= 4 is 11.8 Å². The standard InChI is InChI=1S/C12H10F3N3OS/c1-2-20-11-17-8(5-9(18-11)12(13,14)15)7-3-4-10(19)16-6-7/h3-6H,2H2,1H3,(H,16,19). The third-order valence-corrected chi connectivity index (χ3v) is 3.08.